The van der Waals surface area contributed by atoms with Gasteiger partial charge in [0.05, 0.1) is 0 Å². The zero-order valence-corrected chi connectivity index (χ0v) is 12.0. The smallest absolute Gasteiger partial charge is 0.131 e. The molecule has 2 rings (SSSR count). The molecule has 1 heterocycles. The minimum atomic E-state index is 0.699. The molecule has 2 aromatic rings. The van der Waals surface area contributed by atoms with Gasteiger partial charge in [0.15, 0.2) is 0 Å². The first kappa shape index (κ1) is 13.1. The van der Waals surface area contributed by atoms with E-state index in [2.05, 4.69) is 70.0 Å². The molecule has 0 N–H and O–H groups in total. The van der Waals surface area contributed by atoms with Crippen LogP contribution < -0.4 is 4.90 Å². The van der Waals surface area contributed by atoms with E-state index in [0.29, 0.717) is 6.54 Å². The molecule has 2 nitrogen and oxygen atoms in total. The van der Waals surface area contributed by atoms with Crippen LogP contribution in [0.15, 0.2) is 47.1 Å². The summed E-state index contributed by atoms with van der Waals surface area (Å²) in [5.74, 6) is 0.997. The Kier molecular flexibility index (Phi) is 4.37. The zero-order chi connectivity index (χ0) is 13.0. The lowest BCUT2D eigenvalue weighted by Gasteiger charge is -2.23. The summed E-state index contributed by atoms with van der Waals surface area (Å²) >= 11 is 3.44. The average Bonchev–Trinajstić information content (AvgIpc) is 2.38. The number of halogens is 1. The van der Waals surface area contributed by atoms with Gasteiger partial charge < -0.3 is 4.90 Å². The number of benzene rings is 1. The number of nitrogens with zero attached hydrogens (tertiary/aromatic N) is 2. The van der Waals surface area contributed by atoms with Crippen molar-refractivity contribution < 1.29 is 0 Å². The van der Waals surface area contributed by atoms with Crippen LogP contribution in [0.1, 0.15) is 11.1 Å². The number of aromatic nitrogens is 1. The lowest BCUT2D eigenvalue weighted by molar-refractivity contribution is 0.838. The van der Waals surface area contributed by atoms with E-state index >= 15 is 0 Å². The molecule has 1 radical (unpaired) electrons. The first-order valence-electron chi connectivity index (χ1n) is 5.91. The van der Waals surface area contributed by atoms with E-state index in [-0.39, 0.29) is 0 Å². The van der Waals surface area contributed by atoms with Gasteiger partial charge in [-0.05, 0) is 47.0 Å². The highest BCUT2D eigenvalue weighted by Crippen LogP contribution is 2.22. The van der Waals surface area contributed by atoms with Crippen molar-refractivity contribution in [1.82, 2.24) is 4.98 Å². The van der Waals surface area contributed by atoms with Gasteiger partial charge in [-0.1, -0.05) is 30.3 Å². The fourth-order valence-corrected chi connectivity index (χ4v) is 2.37. The third-order valence-corrected chi connectivity index (χ3v) is 3.24. The van der Waals surface area contributed by atoms with Crippen LogP contribution in [0.5, 0.6) is 0 Å². The van der Waals surface area contributed by atoms with Gasteiger partial charge in [0.25, 0.3) is 0 Å². The highest BCUT2D eigenvalue weighted by molar-refractivity contribution is 9.10. The summed E-state index contributed by atoms with van der Waals surface area (Å²) in [5, 5.41) is 0. The van der Waals surface area contributed by atoms with Crippen LogP contribution in [-0.4, -0.2) is 11.5 Å². The zero-order valence-electron chi connectivity index (χ0n) is 10.4. The lowest BCUT2D eigenvalue weighted by atomic mass is 10.2. The summed E-state index contributed by atoms with van der Waals surface area (Å²) in [7, 11) is 0. The Morgan fingerprint density at radius 3 is 2.61 bits per heavy atom. The molecule has 0 bridgehead atoms. The SMILES string of the molecule is [CH2]CN(Cc1ccccc1)c1ncc(Br)cc1C. The fraction of sp³-hybridized carbons (Fsp3) is 0.200. The van der Waals surface area contributed by atoms with Crippen molar-refractivity contribution in [2.45, 2.75) is 13.5 Å². The summed E-state index contributed by atoms with van der Waals surface area (Å²) in [6, 6.07) is 12.5. The Hall–Kier alpha value is -1.35. The van der Waals surface area contributed by atoms with E-state index in [0.717, 1.165) is 22.4 Å². The molecule has 1 aromatic carbocycles. The van der Waals surface area contributed by atoms with Crippen molar-refractivity contribution in [3.8, 4) is 0 Å². The molecule has 3 heteroatoms. The summed E-state index contributed by atoms with van der Waals surface area (Å²) < 4.78 is 1.01. The maximum Gasteiger partial charge on any atom is 0.131 e. The van der Waals surface area contributed by atoms with Crippen molar-refractivity contribution in [2.24, 2.45) is 0 Å². The Bertz CT molecular complexity index is 511. The number of hydrogen-bond donors (Lipinski definition) is 0. The Morgan fingerprint density at radius 2 is 2.00 bits per heavy atom. The minimum absolute atomic E-state index is 0.699. The van der Waals surface area contributed by atoms with Crippen LogP contribution in [0, 0.1) is 13.8 Å². The van der Waals surface area contributed by atoms with Gasteiger partial charge in [0, 0.05) is 23.8 Å². The molecular weight excluding hydrogens is 288 g/mol. The summed E-state index contributed by atoms with van der Waals surface area (Å²) in [6.07, 6.45) is 1.83. The van der Waals surface area contributed by atoms with Crippen molar-refractivity contribution >= 4 is 21.7 Å². The van der Waals surface area contributed by atoms with E-state index in [1.54, 1.807) is 0 Å². The van der Waals surface area contributed by atoms with Crippen LogP contribution in [-0.2, 0) is 6.54 Å². The molecule has 0 saturated heterocycles. The second-order valence-corrected chi connectivity index (χ2v) is 5.12. The summed E-state index contributed by atoms with van der Waals surface area (Å²) in [5.41, 5.74) is 2.43. The second kappa shape index (κ2) is 6.01. The molecule has 0 aliphatic rings. The van der Waals surface area contributed by atoms with Crippen molar-refractivity contribution in [3.05, 3.63) is 65.1 Å². The molecular formula is C15H16BrN2. The number of aryl methyl sites for hydroxylation is 1. The number of pyridine rings is 1. The summed E-state index contributed by atoms with van der Waals surface area (Å²) in [6.45, 7) is 7.60. The van der Waals surface area contributed by atoms with E-state index in [4.69, 9.17) is 0 Å². The largest absolute Gasteiger partial charge is 0.352 e. The Balaban J connectivity index is 2.23. The molecule has 0 unspecified atom stereocenters. The predicted octanol–water partition coefficient (Wildman–Crippen LogP) is 3.99. The fourth-order valence-electron chi connectivity index (χ4n) is 1.93. The summed E-state index contributed by atoms with van der Waals surface area (Å²) in [4.78, 5) is 6.66. The molecule has 0 atom stereocenters. The van der Waals surface area contributed by atoms with E-state index < -0.39 is 0 Å². The normalized spacial score (nSPS) is 10.4. The van der Waals surface area contributed by atoms with Crippen LogP contribution in [0.3, 0.4) is 0 Å². The van der Waals surface area contributed by atoms with Gasteiger partial charge in [-0.2, -0.15) is 0 Å². The van der Waals surface area contributed by atoms with Crippen LogP contribution in [0.25, 0.3) is 0 Å². The van der Waals surface area contributed by atoms with E-state index in [1.807, 2.05) is 12.3 Å². The van der Waals surface area contributed by atoms with E-state index in [9.17, 15) is 0 Å². The molecule has 1 aromatic heterocycles. The first-order valence-corrected chi connectivity index (χ1v) is 6.70. The molecule has 0 aliphatic carbocycles. The molecule has 0 spiro atoms. The van der Waals surface area contributed by atoms with Gasteiger partial charge >= 0.3 is 0 Å². The molecule has 18 heavy (non-hydrogen) atoms. The number of hydrogen-bond acceptors (Lipinski definition) is 2. The standard InChI is InChI=1S/C15H16BrN2/c1-3-18(11-13-7-5-4-6-8-13)15-12(2)9-14(16)10-17-15/h4-10H,1,3,11H2,2H3. The monoisotopic (exact) mass is 303 g/mol. The molecule has 0 fully saturated rings. The highest BCUT2D eigenvalue weighted by Gasteiger charge is 2.09. The molecule has 0 saturated carbocycles. The highest BCUT2D eigenvalue weighted by atomic mass is 79.9. The van der Waals surface area contributed by atoms with Crippen molar-refractivity contribution in [3.63, 3.8) is 0 Å². The number of anilines is 1. The molecule has 93 valence electrons. The quantitative estimate of drug-likeness (QED) is 0.849. The average molecular weight is 304 g/mol. The van der Waals surface area contributed by atoms with Gasteiger partial charge in [-0.3, -0.25) is 0 Å². The van der Waals surface area contributed by atoms with Crippen molar-refractivity contribution in [1.29, 1.82) is 0 Å². The molecule has 0 amide bonds. The van der Waals surface area contributed by atoms with Crippen LogP contribution in [0.4, 0.5) is 5.82 Å². The second-order valence-electron chi connectivity index (χ2n) is 4.20. The topological polar surface area (TPSA) is 16.1 Å². The third kappa shape index (κ3) is 3.10. The van der Waals surface area contributed by atoms with Gasteiger partial charge in [0.1, 0.15) is 5.82 Å². The predicted molar refractivity (Wildman–Crippen MR) is 79.5 cm³/mol. The van der Waals surface area contributed by atoms with Crippen LogP contribution >= 0.6 is 15.9 Å². The Morgan fingerprint density at radius 1 is 1.28 bits per heavy atom. The van der Waals surface area contributed by atoms with E-state index in [1.165, 1.54) is 5.56 Å². The van der Waals surface area contributed by atoms with Crippen LogP contribution in [0.2, 0.25) is 0 Å². The first-order chi connectivity index (χ1) is 8.70. The van der Waals surface area contributed by atoms with Gasteiger partial charge in [-0.15, -0.1) is 0 Å². The maximum absolute atomic E-state index is 4.48. The minimum Gasteiger partial charge on any atom is -0.352 e. The van der Waals surface area contributed by atoms with Crippen molar-refractivity contribution in [2.75, 3.05) is 11.4 Å². The number of rotatable bonds is 4. The third-order valence-electron chi connectivity index (χ3n) is 2.80. The molecule has 0 aliphatic heterocycles. The van der Waals surface area contributed by atoms with Gasteiger partial charge in [0.2, 0.25) is 0 Å². The maximum atomic E-state index is 4.48. The van der Waals surface area contributed by atoms with Gasteiger partial charge in [-0.25, -0.2) is 4.98 Å². The lowest BCUT2D eigenvalue weighted by Crippen LogP contribution is -2.24. The Labute approximate surface area is 117 Å².